The molecule has 3 nitrogen and oxygen atoms in total. The lowest BCUT2D eigenvalue weighted by atomic mass is 10.1. The molecule has 1 aromatic carbocycles. The van der Waals surface area contributed by atoms with Crippen LogP contribution in [0.25, 0.3) is 0 Å². The minimum atomic E-state index is 0. The Hall–Kier alpha value is -0.930. The molecule has 2 rings (SSSR count). The van der Waals surface area contributed by atoms with Crippen LogP contribution in [0.3, 0.4) is 0 Å². The first-order valence-electron chi connectivity index (χ1n) is 4.40. The molecule has 1 aliphatic heterocycles. The Kier molecular flexibility index (Phi) is 3.61. The predicted molar refractivity (Wildman–Crippen MR) is 49.9 cm³/mol. The van der Waals surface area contributed by atoms with E-state index in [0.29, 0.717) is 6.79 Å². The first-order valence-corrected chi connectivity index (χ1v) is 4.40. The van der Waals surface area contributed by atoms with Crippen molar-refractivity contribution in [2.45, 2.75) is 19.4 Å². The van der Waals surface area contributed by atoms with Gasteiger partial charge in [-0.1, -0.05) is 6.07 Å². The minimum absolute atomic E-state index is 0. The lowest BCUT2D eigenvalue weighted by Gasteiger charge is -2.05. The van der Waals surface area contributed by atoms with E-state index < -0.39 is 0 Å². The maximum Gasteiger partial charge on any atom is 0.231 e. The normalized spacial score (nSPS) is 14.7. The summed E-state index contributed by atoms with van der Waals surface area (Å²) in [4.78, 5) is 0. The third-order valence-corrected chi connectivity index (χ3v) is 1.99. The molecular formula is C10H13ClNO2-. The highest BCUT2D eigenvalue weighted by Crippen LogP contribution is 2.32. The fraction of sp³-hybridized carbons (Fsp3) is 0.400. The summed E-state index contributed by atoms with van der Waals surface area (Å²) >= 11 is 0. The Balaban J connectivity index is 0.000000980. The van der Waals surface area contributed by atoms with E-state index in [1.165, 1.54) is 5.56 Å². The van der Waals surface area contributed by atoms with E-state index in [0.717, 1.165) is 17.9 Å². The molecule has 0 spiro atoms. The number of fused-ring (bicyclic) bond motifs is 1. The van der Waals surface area contributed by atoms with Crippen LogP contribution in [-0.4, -0.2) is 12.8 Å². The summed E-state index contributed by atoms with van der Waals surface area (Å²) in [6.45, 7) is 2.32. The summed E-state index contributed by atoms with van der Waals surface area (Å²) in [5.41, 5.74) is 6.89. The van der Waals surface area contributed by atoms with Crippen molar-refractivity contribution >= 4 is 0 Å². The fourth-order valence-corrected chi connectivity index (χ4v) is 1.44. The van der Waals surface area contributed by atoms with Crippen molar-refractivity contribution in [2.75, 3.05) is 6.79 Å². The van der Waals surface area contributed by atoms with Crippen LogP contribution < -0.4 is 27.6 Å². The Morgan fingerprint density at radius 1 is 1.36 bits per heavy atom. The van der Waals surface area contributed by atoms with Crippen LogP contribution in [0.2, 0.25) is 0 Å². The molecule has 0 radical (unpaired) electrons. The molecule has 78 valence electrons. The second kappa shape index (κ2) is 4.53. The van der Waals surface area contributed by atoms with Crippen molar-refractivity contribution in [1.29, 1.82) is 0 Å². The van der Waals surface area contributed by atoms with Crippen molar-refractivity contribution in [3.63, 3.8) is 0 Å². The standard InChI is InChI=1S/C10H13NO2.ClH/c1-7(11)4-8-2-3-9-10(5-8)13-6-12-9;/h2-3,5,7H,4,6,11H2,1H3;1H/p-1. The van der Waals surface area contributed by atoms with E-state index in [4.69, 9.17) is 15.2 Å². The molecule has 4 heteroatoms. The molecular weight excluding hydrogens is 202 g/mol. The van der Waals surface area contributed by atoms with E-state index in [-0.39, 0.29) is 18.4 Å². The lowest BCUT2D eigenvalue weighted by Crippen LogP contribution is -3.00. The number of nitrogens with two attached hydrogens (primary N) is 1. The van der Waals surface area contributed by atoms with E-state index >= 15 is 0 Å². The molecule has 2 N–H and O–H groups in total. The lowest BCUT2D eigenvalue weighted by molar-refractivity contribution is -0.00000452. The predicted octanol–water partition coefficient (Wildman–Crippen LogP) is -1.69. The fourth-order valence-electron chi connectivity index (χ4n) is 1.44. The maximum atomic E-state index is 5.70. The monoisotopic (exact) mass is 214 g/mol. The van der Waals surface area contributed by atoms with Gasteiger partial charge in [0, 0.05) is 6.04 Å². The highest BCUT2D eigenvalue weighted by Gasteiger charge is 2.13. The largest absolute Gasteiger partial charge is 1.00 e. The number of rotatable bonds is 2. The van der Waals surface area contributed by atoms with Crippen molar-refractivity contribution in [1.82, 2.24) is 0 Å². The van der Waals surface area contributed by atoms with Gasteiger partial charge in [0.05, 0.1) is 0 Å². The van der Waals surface area contributed by atoms with Crippen molar-refractivity contribution in [3.05, 3.63) is 23.8 Å². The average molecular weight is 215 g/mol. The average Bonchev–Trinajstić information content (AvgIpc) is 2.49. The van der Waals surface area contributed by atoms with Gasteiger partial charge in [0.2, 0.25) is 6.79 Å². The third kappa shape index (κ3) is 2.30. The zero-order valence-electron chi connectivity index (χ0n) is 8.00. The second-order valence-electron chi connectivity index (χ2n) is 3.37. The minimum Gasteiger partial charge on any atom is -1.00 e. The topological polar surface area (TPSA) is 44.5 Å². The van der Waals surface area contributed by atoms with Crippen molar-refractivity contribution in [2.24, 2.45) is 5.73 Å². The Morgan fingerprint density at radius 3 is 2.79 bits per heavy atom. The van der Waals surface area contributed by atoms with Gasteiger partial charge in [-0.05, 0) is 31.0 Å². The van der Waals surface area contributed by atoms with E-state index in [2.05, 4.69) is 0 Å². The maximum absolute atomic E-state index is 5.70. The Labute approximate surface area is 89.6 Å². The van der Waals surface area contributed by atoms with Gasteiger partial charge in [-0.25, -0.2) is 0 Å². The molecule has 14 heavy (non-hydrogen) atoms. The summed E-state index contributed by atoms with van der Waals surface area (Å²) in [5.74, 6) is 1.66. The molecule has 0 aliphatic carbocycles. The molecule has 0 bridgehead atoms. The first kappa shape index (κ1) is 11.1. The quantitative estimate of drug-likeness (QED) is 0.639. The van der Waals surface area contributed by atoms with E-state index in [9.17, 15) is 0 Å². The van der Waals surface area contributed by atoms with Gasteiger partial charge in [0.1, 0.15) is 0 Å². The zero-order chi connectivity index (χ0) is 9.26. The third-order valence-electron chi connectivity index (χ3n) is 1.99. The van der Waals surface area contributed by atoms with Gasteiger partial charge in [0.25, 0.3) is 0 Å². The zero-order valence-corrected chi connectivity index (χ0v) is 8.75. The summed E-state index contributed by atoms with van der Waals surface area (Å²) < 4.78 is 10.5. The van der Waals surface area contributed by atoms with Gasteiger partial charge in [-0.2, -0.15) is 0 Å². The smallest absolute Gasteiger partial charge is 0.231 e. The summed E-state index contributed by atoms with van der Waals surface area (Å²) in [5, 5.41) is 0. The highest BCUT2D eigenvalue weighted by molar-refractivity contribution is 5.44. The van der Waals surface area contributed by atoms with Crippen LogP contribution in [0.1, 0.15) is 12.5 Å². The van der Waals surface area contributed by atoms with Crippen LogP contribution in [0, 0.1) is 0 Å². The molecule has 0 saturated heterocycles. The number of ether oxygens (including phenoxy) is 2. The molecule has 0 fully saturated rings. The van der Waals surface area contributed by atoms with Crippen molar-refractivity contribution in [3.8, 4) is 11.5 Å². The number of halogens is 1. The van der Waals surface area contributed by atoms with Gasteiger partial charge in [0.15, 0.2) is 11.5 Å². The first-order chi connectivity index (χ1) is 6.25. The molecule has 0 aromatic heterocycles. The SMILES string of the molecule is CC(N)Cc1ccc2c(c1)OCO2.[Cl-]. The summed E-state index contributed by atoms with van der Waals surface area (Å²) in [7, 11) is 0. The van der Waals surface area contributed by atoms with Crippen LogP contribution in [0.4, 0.5) is 0 Å². The number of hydrogen-bond donors (Lipinski definition) is 1. The number of hydrogen-bond acceptors (Lipinski definition) is 3. The van der Waals surface area contributed by atoms with Gasteiger partial charge >= 0.3 is 0 Å². The Morgan fingerprint density at radius 2 is 2.07 bits per heavy atom. The Bertz CT molecular complexity index is 315. The van der Waals surface area contributed by atoms with Crippen LogP contribution in [0.15, 0.2) is 18.2 Å². The van der Waals surface area contributed by atoms with E-state index in [1.54, 1.807) is 0 Å². The molecule has 1 unspecified atom stereocenters. The molecule has 1 heterocycles. The molecule has 1 atom stereocenters. The van der Waals surface area contributed by atoms with Gasteiger partial charge < -0.3 is 27.6 Å². The molecule has 1 aromatic rings. The highest BCUT2D eigenvalue weighted by atomic mass is 35.5. The summed E-state index contributed by atoms with van der Waals surface area (Å²) in [6, 6.07) is 6.13. The van der Waals surface area contributed by atoms with Gasteiger partial charge in [-0.3, -0.25) is 0 Å². The molecule has 1 aliphatic rings. The van der Waals surface area contributed by atoms with Crippen molar-refractivity contribution < 1.29 is 21.9 Å². The van der Waals surface area contributed by atoms with E-state index in [1.807, 2.05) is 25.1 Å². The number of benzene rings is 1. The van der Waals surface area contributed by atoms with Crippen LogP contribution in [-0.2, 0) is 6.42 Å². The van der Waals surface area contributed by atoms with Crippen LogP contribution >= 0.6 is 0 Å². The van der Waals surface area contributed by atoms with Crippen LogP contribution in [0.5, 0.6) is 11.5 Å². The van der Waals surface area contributed by atoms with Gasteiger partial charge in [-0.15, -0.1) is 0 Å². The summed E-state index contributed by atoms with van der Waals surface area (Å²) in [6.07, 6.45) is 0.872. The molecule has 0 saturated carbocycles. The second-order valence-corrected chi connectivity index (χ2v) is 3.37. The molecule has 0 amide bonds.